The molecule has 0 aliphatic heterocycles. The van der Waals surface area contributed by atoms with Gasteiger partial charge >= 0.3 is 0 Å². The molecular weight excluding hydrogens is 401 g/mol. The molecule has 1 aromatic rings. The Balaban J connectivity index is 2.56. The number of hydrogen-bond acceptors (Lipinski definition) is 1. The topological polar surface area (TPSA) is 0 Å². The van der Waals surface area contributed by atoms with E-state index in [9.17, 15) is 0 Å². The van der Waals surface area contributed by atoms with Crippen LogP contribution in [0, 0.1) is 22.9 Å². The lowest BCUT2D eigenvalue weighted by Gasteiger charge is -2.04. The molecule has 29 heavy (non-hydrogen) atoms. The van der Waals surface area contributed by atoms with Crippen LogP contribution in [-0.2, 0) is 6.42 Å². The molecule has 0 unspecified atom stereocenters. The molecule has 0 aliphatic rings. The summed E-state index contributed by atoms with van der Waals surface area (Å²) in [7, 11) is -2.69. The first-order valence-corrected chi connectivity index (χ1v) is 19.6. The molecule has 0 radical (unpaired) electrons. The maximum atomic E-state index is 3.56. The van der Waals surface area contributed by atoms with E-state index >= 15 is 0 Å². The van der Waals surface area contributed by atoms with Gasteiger partial charge in [0.2, 0.25) is 0 Å². The quantitative estimate of drug-likeness (QED) is 0.182. The Kier molecular flexibility index (Phi) is 12.3. The van der Waals surface area contributed by atoms with Gasteiger partial charge in [0.15, 0.2) is 0 Å². The summed E-state index contributed by atoms with van der Waals surface area (Å²) in [5.41, 5.74) is 8.53. The Morgan fingerprint density at radius 1 is 0.690 bits per heavy atom. The second-order valence-electron chi connectivity index (χ2n) is 10.4. The fourth-order valence-corrected chi connectivity index (χ4v) is 5.19. The molecule has 3 heteroatoms. The summed E-state index contributed by atoms with van der Waals surface area (Å²) in [5, 5.41) is 0. The molecular formula is C26H44SSi2. The number of thiophene rings is 1. The predicted molar refractivity (Wildman–Crippen MR) is 140 cm³/mol. The lowest BCUT2D eigenvalue weighted by atomic mass is 10.0. The van der Waals surface area contributed by atoms with Gasteiger partial charge in [-0.1, -0.05) is 116 Å². The maximum absolute atomic E-state index is 3.56. The summed E-state index contributed by atoms with van der Waals surface area (Å²) in [6.07, 6.45) is 15.1. The zero-order valence-corrected chi connectivity index (χ0v) is 23.1. The van der Waals surface area contributed by atoms with Crippen molar-refractivity contribution >= 4 is 27.5 Å². The molecule has 1 rings (SSSR count). The lowest BCUT2D eigenvalue weighted by molar-refractivity contribution is 0.556. The lowest BCUT2D eigenvalue weighted by Crippen LogP contribution is -2.16. The van der Waals surface area contributed by atoms with Gasteiger partial charge in [0, 0.05) is 0 Å². The highest BCUT2D eigenvalue weighted by atomic mass is 32.1. The number of rotatable bonds is 11. The first-order chi connectivity index (χ1) is 13.6. The molecule has 0 atom stereocenters. The minimum Gasteiger partial charge on any atom is -0.126 e. The molecule has 0 nitrogen and oxygen atoms in total. The number of unbranched alkanes of at least 4 members (excludes halogenated alkanes) is 9. The van der Waals surface area contributed by atoms with Crippen molar-refractivity contribution < 1.29 is 0 Å². The second kappa shape index (κ2) is 13.5. The molecule has 162 valence electrons. The third kappa shape index (κ3) is 14.0. The van der Waals surface area contributed by atoms with Gasteiger partial charge in [0.05, 0.1) is 9.75 Å². The van der Waals surface area contributed by atoms with Gasteiger partial charge in [0.1, 0.15) is 16.1 Å². The van der Waals surface area contributed by atoms with Gasteiger partial charge in [-0.2, -0.15) is 0 Å². The highest BCUT2D eigenvalue weighted by Crippen LogP contribution is 2.24. The fraction of sp³-hybridized carbons (Fsp3) is 0.692. The van der Waals surface area contributed by atoms with Crippen LogP contribution in [0.5, 0.6) is 0 Å². The van der Waals surface area contributed by atoms with Crippen molar-refractivity contribution in [2.45, 2.75) is 117 Å². The summed E-state index contributed by atoms with van der Waals surface area (Å²) in [6.45, 7) is 16.2. The first kappa shape index (κ1) is 26.3. The van der Waals surface area contributed by atoms with Crippen molar-refractivity contribution in [3.8, 4) is 22.9 Å². The summed E-state index contributed by atoms with van der Waals surface area (Å²) in [6, 6.07) is 2.33. The molecule has 0 bridgehead atoms. The largest absolute Gasteiger partial charge is 0.129 e. The number of aryl methyl sites for hydroxylation is 1. The number of hydrogen-bond donors (Lipinski definition) is 0. The van der Waals surface area contributed by atoms with Crippen molar-refractivity contribution in [1.82, 2.24) is 0 Å². The molecule has 1 aromatic heterocycles. The van der Waals surface area contributed by atoms with Crippen LogP contribution in [0.1, 0.15) is 86.4 Å². The van der Waals surface area contributed by atoms with Crippen molar-refractivity contribution in [2.24, 2.45) is 0 Å². The average Bonchev–Trinajstić information content (AvgIpc) is 3.01. The summed E-state index contributed by atoms with van der Waals surface area (Å²) < 4.78 is 0. The van der Waals surface area contributed by atoms with Crippen LogP contribution < -0.4 is 0 Å². The van der Waals surface area contributed by atoms with Gasteiger partial charge in [-0.05, 0) is 24.5 Å². The zero-order chi connectivity index (χ0) is 21.8. The Hall–Kier alpha value is -0.746. The maximum Gasteiger partial charge on any atom is 0.129 e. The molecule has 0 saturated carbocycles. The fourth-order valence-electron chi connectivity index (χ4n) is 3.08. The van der Waals surface area contributed by atoms with Crippen LogP contribution in [0.2, 0.25) is 39.3 Å². The predicted octanol–water partition coefficient (Wildman–Crippen LogP) is 8.67. The van der Waals surface area contributed by atoms with E-state index in [-0.39, 0.29) is 0 Å². The summed E-state index contributed by atoms with van der Waals surface area (Å²) in [5.74, 6) is 6.99. The van der Waals surface area contributed by atoms with Gasteiger partial charge in [-0.15, -0.1) is 22.4 Å². The third-order valence-electron chi connectivity index (χ3n) is 4.72. The zero-order valence-electron chi connectivity index (χ0n) is 20.3. The Morgan fingerprint density at radius 2 is 1.17 bits per heavy atom. The normalized spacial score (nSPS) is 11.6. The van der Waals surface area contributed by atoms with E-state index < -0.39 is 16.1 Å². The molecule has 0 spiro atoms. The average molecular weight is 445 g/mol. The standard InChI is InChI=1S/C26H44SSi2/c1-8-9-10-11-12-13-14-15-16-17-18-24-23-25(19-21-28(2,3)4)27-26(24)20-22-29(5,6)7/h23H,8-18H2,1-7H3. The van der Waals surface area contributed by atoms with E-state index in [1.165, 1.54) is 79.5 Å². The van der Waals surface area contributed by atoms with Crippen LogP contribution in [0.25, 0.3) is 0 Å². The molecule has 1 heterocycles. The molecule has 0 aromatic carbocycles. The monoisotopic (exact) mass is 444 g/mol. The molecule has 0 fully saturated rings. The van der Waals surface area contributed by atoms with Crippen LogP contribution in [0.4, 0.5) is 0 Å². The van der Waals surface area contributed by atoms with E-state index in [2.05, 4.69) is 75.2 Å². The molecule has 0 aliphatic carbocycles. The van der Waals surface area contributed by atoms with E-state index in [4.69, 9.17) is 0 Å². The van der Waals surface area contributed by atoms with E-state index in [0.717, 1.165) is 6.42 Å². The van der Waals surface area contributed by atoms with Crippen LogP contribution in [0.3, 0.4) is 0 Å². The Bertz CT molecular complexity index is 708. The van der Waals surface area contributed by atoms with Crippen molar-refractivity contribution in [3.05, 3.63) is 21.4 Å². The van der Waals surface area contributed by atoms with Crippen molar-refractivity contribution in [2.75, 3.05) is 0 Å². The second-order valence-corrected chi connectivity index (χ2v) is 20.9. The minimum atomic E-state index is -1.35. The molecule has 0 saturated heterocycles. The van der Waals surface area contributed by atoms with E-state index in [1.54, 1.807) is 0 Å². The van der Waals surface area contributed by atoms with Crippen LogP contribution in [0.15, 0.2) is 6.07 Å². The van der Waals surface area contributed by atoms with Crippen LogP contribution in [-0.4, -0.2) is 16.1 Å². The summed E-state index contributed by atoms with van der Waals surface area (Å²) >= 11 is 1.82. The highest BCUT2D eigenvalue weighted by Gasteiger charge is 2.11. The molecule has 0 amide bonds. The first-order valence-electron chi connectivity index (χ1n) is 11.8. The third-order valence-corrected chi connectivity index (χ3v) is 7.48. The Morgan fingerprint density at radius 3 is 1.69 bits per heavy atom. The van der Waals surface area contributed by atoms with Gasteiger partial charge in [0.25, 0.3) is 0 Å². The van der Waals surface area contributed by atoms with E-state index in [1.807, 2.05) is 11.3 Å². The minimum absolute atomic E-state index is 1.16. The SMILES string of the molecule is CCCCCCCCCCCCc1cc(C#C[Si](C)(C)C)sc1C#C[Si](C)(C)C. The van der Waals surface area contributed by atoms with Gasteiger partial charge in [-0.3, -0.25) is 0 Å². The van der Waals surface area contributed by atoms with Crippen molar-refractivity contribution in [3.63, 3.8) is 0 Å². The van der Waals surface area contributed by atoms with Crippen molar-refractivity contribution in [1.29, 1.82) is 0 Å². The van der Waals surface area contributed by atoms with Gasteiger partial charge in [-0.25, -0.2) is 0 Å². The summed E-state index contributed by atoms with van der Waals surface area (Å²) in [4.78, 5) is 2.50. The highest BCUT2D eigenvalue weighted by molar-refractivity contribution is 7.13. The smallest absolute Gasteiger partial charge is 0.126 e. The van der Waals surface area contributed by atoms with Gasteiger partial charge < -0.3 is 0 Å². The van der Waals surface area contributed by atoms with E-state index in [0.29, 0.717) is 0 Å². The van der Waals surface area contributed by atoms with Crippen LogP contribution >= 0.6 is 11.3 Å². The molecule has 0 N–H and O–H groups in total. The Labute approximate surface area is 188 Å².